The molecule has 1 unspecified atom stereocenters. The molecule has 1 amide bonds. The number of nitrogens with one attached hydrogen (secondary N) is 1. The highest BCUT2D eigenvalue weighted by atomic mass is 35.5. The van der Waals surface area contributed by atoms with Crippen LogP contribution in [0.3, 0.4) is 0 Å². The van der Waals surface area contributed by atoms with Gasteiger partial charge >= 0.3 is 0 Å². The Morgan fingerprint density at radius 1 is 1.14 bits per heavy atom. The quantitative estimate of drug-likeness (QED) is 0.685. The molecular weight excluding hydrogens is 284 g/mol. The van der Waals surface area contributed by atoms with Gasteiger partial charge in [-0.2, -0.15) is 0 Å². The van der Waals surface area contributed by atoms with Gasteiger partial charge in [-0.15, -0.1) is 12.4 Å². The second-order valence-corrected chi connectivity index (χ2v) is 5.75. The van der Waals surface area contributed by atoms with E-state index in [0.29, 0.717) is 12.3 Å². The van der Waals surface area contributed by atoms with E-state index >= 15 is 0 Å². The minimum Gasteiger partial charge on any atom is -0.349 e. The molecule has 21 heavy (non-hydrogen) atoms. The maximum absolute atomic E-state index is 12.1. The summed E-state index contributed by atoms with van der Waals surface area (Å²) in [5, 5.41) is 3.22. The zero-order chi connectivity index (χ0) is 14.2. The van der Waals surface area contributed by atoms with Gasteiger partial charge in [-0.3, -0.25) is 4.79 Å². The fraction of sp³-hybridized carbons (Fsp3) is 0.588. The van der Waals surface area contributed by atoms with Gasteiger partial charge in [-0.05, 0) is 43.7 Å². The predicted molar refractivity (Wildman–Crippen MR) is 89.4 cm³/mol. The van der Waals surface area contributed by atoms with Gasteiger partial charge in [-0.25, -0.2) is 0 Å². The lowest BCUT2D eigenvalue weighted by Gasteiger charge is -2.18. The first-order valence-corrected chi connectivity index (χ1v) is 7.85. The summed E-state index contributed by atoms with van der Waals surface area (Å²) in [6.45, 7) is 0.754. The number of hydrogen-bond acceptors (Lipinski definition) is 2. The number of carbonyl (C=O) groups excluding carboxylic acids is 1. The van der Waals surface area contributed by atoms with Gasteiger partial charge in [0.15, 0.2) is 0 Å². The van der Waals surface area contributed by atoms with E-state index in [0.717, 1.165) is 32.2 Å². The van der Waals surface area contributed by atoms with Gasteiger partial charge in [0.1, 0.15) is 0 Å². The van der Waals surface area contributed by atoms with E-state index in [-0.39, 0.29) is 24.4 Å². The number of hydrogen-bond donors (Lipinski definition) is 2. The summed E-state index contributed by atoms with van der Waals surface area (Å²) in [6, 6.07) is 10.6. The summed E-state index contributed by atoms with van der Waals surface area (Å²) >= 11 is 0. The zero-order valence-corrected chi connectivity index (χ0v) is 13.4. The highest BCUT2D eigenvalue weighted by Crippen LogP contribution is 2.40. The fourth-order valence-corrected chi connectivity index (χ4v) is 2.59. The second-order valence-electron chi connectivity index (χ2n) is 5.75. The number of carbonyl (C=O) groups is 1. The first-order chi connectivity index (χ1) is 9.81. The third kappa shape index (κ3) is 6.49. The lowest BCUT2D eigenvalue weighted by molar-refractivity contribution is -0.122. The van der Waals surface area contributed by atoms with E-state index in [2.05, 4.69) is 17.4 Å². The van der Waals surface area contributed by atoms with Gasteiger partial charge < -0.3 is 11.1 Å². The van der Waals surface area contributed by atoms with Gasteiger partial charge in [0, 0.05) is 6.42 Å². The van der Waals surface area contributed by atoms with Crippen molar-refractivity contribution in [2.45, 2.75) is 51.0 Å². The van der Waals surface area contributed by atoms with Crippen molar-refractivity contribution in [3.8, 4) is 0 Å². The second kappa shape index (κ2) is 9.80. The monoisotopic (exact) mass is 310 g/mol. The SMILES string of the molecule is Cl.NCCCCCCC(=O)NC(c1ccccc1)C1CC1. The van der Waals surface area contributed by atoms with Crippen molar-refractivity contribution in [3.05, 3.63) is 35.9 Å². The molecular formula is C17H27ClN2O. The van der Waals surface area contributed by atoms with E-state index < -0.39 is 0 Å². The van der Waals surface area contributed by atoms with Crippen LogP contribution in [-0.4, -0.2) is 12.5 Å². The molecule has 0 aliphatic heterocycles. The van der Waals surface area contributed by atoms with E-state index in [9.17, 15) is 4.79 Å². The summed E-state index contributed by atoms with van der Waals surface area (Å²) in [7, 11) is 0. The van der Waals surface area contributed by atoms with Gasteiger partial charge in [0.05, 0.1) is 6.04 Å². The van der Waals surface area contributed by atoms with Crippen LogP contribution in [0, 0.1) is 5.92 Å². The third-order valence-electron chi connectivity index (χ3n) is 3.93. The van der Waals surface area contributed by atoms with Gasteiger partial charge in [0.25, 0.3) is 0 Å². The molecule has 1 aliphatic carbocycles. The number of unbranched alkanes of at least 4 members (excludes halogenated alkanes) is 3. The van der Waals surface area contributed by atoms with Crippen LogP contribution in [-0.2, 0) is 4.79 Å². The minimum absolute atomic E-state index is 0. The maximum atomic E-state index is 12.1. The first kappa shape index (κ1) is 18.0. The number of nitrogens with two attached hydrogens (primary N) is 1. The van der Waals surface area contributed by atoms with E-state index in [4.69, 9.17) is 5.73 Å². The highest BCUT2D eigenvalue weighted by Gasteiger charge is 2.33. The number of benzene rings is 1. The number of amides is 1. The van der Waals surface area contributed by atoms with Crippen LogP contribution in [0.2, 0.25) is 0 Å². The largest absolute Gasteiger partial charge is 0.349 e. The molecule has 0 heterocycles. The molecule has 4 heteroatoms. The Bertz CT molecular complexity index is 407. The molecule has 2 rings (SSSR count). The summed E-state index contributed by atoms with van der Waals surface area (Å²) in [5.74, 6) is 0.831. The molecule has 0 spiro atoms. The molecule has 1 saturated carbocycles. The van der Waals surface area contributed by atoms with Crippen LogP contribution in [0.5, 0.6) is 0 Å². The molecule has 1 aromatic carbocycles. The number of rotatable bonds is 9. The topological polar surface area (TPSA) is 55.1 Å². The molecule has 1 fully saturated rings. The molecule has 1 atom stereocenters. The van der Waals surface area contributed by atoms with Crippen LogP contribution < -0.4 is 11.1 Å². The molecule has 0 saturated heterocycles. The number of halogens is 1. The molecule has 3 N–H and O–H groups in total. The summed E-state index contributed by atoms with van der Waals surface area (Å²) in [4.78, 5) is 12.1. The molecule has 0 aromatic heterocycles. The van der Waals surface area contributed by atoms with Crippen molar-refractivity contribution in [2.75, 3.05) is 6.54 Å². The Hall–Kier alpha value is -1.06. The predicted octanol–water partition coefficient (Wildman–Crippen LogP) is 3.58. The lowest BCUT2D eigenvalue weighted by Crippen LogP contribution is -2.29. The molecule has 118 valence electrons. The molecule has 0 radical (unpaired) electrons. The van der Waals surface area contributed by atoms with Crippen molar-refractivity contribution in [2.24, 2.45) is 11.7 Å². The molecule has 1 aliphatic rings. The van der Waals surface area contributed by atoms with Crippen molar-refractivity contribution >= 4 is 18.3 Å². The first-order valence-electron chi connectivity index (χ1n) is 7.85. The van der Waals surface area contributed by atoms with Crippen LogP contribution >= 0.6 is 12.4 Å². The molecule has 1 aromatic rings. The Labute approximate surface area is 134 Å². The highest BCUT2D eigenvalue weighted by molar-refractivity contribution is 5.85. The fourth-order valence-electron chi connectivity index (χ4n) is 2.59. The summed E-state index contributed by atoms with van der Waals surface area (Å²) in [5.41, 5.74) is 6.70. The van der Waals surface area contributed by atoms with E-state index in [1.54, 1.807) is 0 Å². The van der Waals surface area contributed by atoms with Crippen molar-refractivity contribution in [1.29, 1.82) is 0 Å². The summed E-state index contributed by atoms with van der Waals surface area (Å²) in [6.07, 6.45) is 7.38. The van der Waals surface area contributed by atoms with Crippen molar-refractivity contribution in [1.82, 2.24) is 5.32 Å². The average Bonchev–Trinajstić information content (AvgIpc) is 3.30. The average molecular weight is 311 g/mol. The van der Waals surface area contributed by atoms with E-state index in [1.807, 2.05) is 18.2 Å². The zero-order valence-electron chi connectivity index (χ0n) is 12.6. The third-order valence-corrected chi connectivity index (χ3v) is 3.93. The molecule has 0 bridgehead atoms. The Kier molecular flexibility index (Phi) is 8.40. The van der Waals surface area contributed by atoms with Crippen LogP contribution in [0.15, 0.2) is 30.3 Å². The lowest BCUT2D eigenvalue weighted by atomic mass is 10.0. The standard InChI is InChI=1S/C17H26N2O.ClH/c18-13-7-2-1-6-10-16(20)19-17(15-11-12-15)14-8-4-3-5-9-14;/h3-5,8-9,15,17H,1-2,6-7,10-13,18H2,(H,19,20);1H. The van der Waals surface area contributed by atoms with Crippen LogP contribution in [0.25, 0.3) is 0 Å². The Morgan fingerprint density at radius 2 is 1.81 bits per heavy atom. The minimum atomic E-state index is 0. The normalized spacial score (nSPS) is 15.1. The molecule has 3 nitrogen and oxygen atoms in total. The maximum Gasteiger partial charge on any atom is 0.220 e. The van der Waals surface area contributed by atoms with Crippen LogP contribution in [0.4, 0.5) is 0 Å². The van der Waals surface area contributed by atoms with Crippen LogP contribution in [0.1, 0.15) is 56.6 Å². The van der Waals surface area contributed by atoms with Crippen molar-refractivity contribution < 1.29 is 4.79 Å². The smallest absolute Gasteiger partial charge is 0.220 e. The van der Waals surface area contributed by atoms with Gasteiger partial charge in [0.2, 0.25) is 5.91 Å². The van der Waals surface area contributed by atoms with Gasteiger partial charge in [-0.1, -0.05) is 43.2 Å². The Balaban J connectivity index is 0.00000220. The van der Waals surface area contributed by atoms with E-state index in [1.165, 1.54) is 18.4 Å². The Morgan fingerprint density at radius 3 is 2.43 bits per heavy atom. The summed E-state index contributed by atoms with van der Waals surface area (Å²) < 4.78 is 0. The van der Waals surface area contributed by atoms with Crippen molar-refractivity contribution in [3.63, 3.8) is 0 Å².